The molecule has 3 aromatic carbocycles. The Labute approximate surface area is 238 Å². The Bertz CT molecular complexity index is 1420. The van der Waals surface area contributed by atoms with Crippen molar-refractivity contribution in [2.45, 2.75) is 50.7 Å². The summed E-state index contributed by atoms with van der Waals surface area (Å²) in [4.78, 5) is 28.3. The Morgan fingerprint density at radius 2 is 1.59 bits per heavy atom. The lowest BCUT2D eigenvalue weighted by Crippen LogP contribution is -2.53. The number of anilines is 1. The zero-order chi connectivity index (χ0) is 28.7. The van der Waals surface area contributed by atoms with Gasteiger partial charge < -0.3 is 10.2 Å². The van der Waals surface area contributed by atoms with E-state index in [0.717, 1.165) is 16.4 Å². The Balaban J connectivity index is 2.09. The van der Waals surface area contributed by atoms with Crippen molar-refractivity contribution in [2.75, 3.05) is 10.8 Å². The topological polar surface area (TPSA) is 86.8 Å². The van der Waals surface area contributed by atoms with Gasteiger partial charge in [0.15, 0.2) is 0 Å². The molecule has 0 bridgehead atoms. The zero-order valence-electron chi connectivity index (χ0n) is 21.8. The molecule has 0 aliphatic heterocycles. The van der Waals surface area contributed by atoms with Crippen LogP contribution in [-0.2, 0) is 26.2 Å². The van der Waals surface area contributed by atoms with Crippen LogP contribution in [0.2, 0.25) is 10.0 Å². The highest BCUT2D eigenvalue weighted by Crippen LogP contribution is 2.29. The van der Waals surface area contributed by atoms with E-state index < -0.39 is 34.3 Å². The average molecular weight is 595 g/mol. The second-order valence-electron chi connectivity index (χ2n) is 9.12. The maximum Gasteiger partial charge on any atom is 0.264 e. The number of halogens is 3. The molecule has 0 aliphatic carbocycles. The van der Waals surface area contributed by atoms with Crippen molar-refractivity contribution >= 4 is 50.7 Å². The molecule has 208 valence electrons. The van der Waals surface area contributed by atoms with Gasteiger partial charge in [0, 0.05) is 17.6 Å². The zero-order valence-corrected chi connectivity index (χ0v) is 24.1. The molecule has 0 radical (unpaired) electrons. The van der Waals surface area contributed by atoms with Gasteiger partial charge in [0.25, 0.3) is 10.0 Å². The van der Waals surface area contributed by atoms with Crippen molar-refractivity contribution in [1.82, 2.24) is 10.2 Å². The fraction of sp³-hybridized carbons (Fsp3) is 0.286. The molecule has 0 aromatic heterocycles. The lowest BCUT2D eigenvalue weighted by atomic mass is 10.1. The summed E-state index contributed by atoms with van der Waals surface area (Å²) in [5.41, 5.74) is 0.585. The molecule has 0 saturated carbocycles. The normalized spacial score (nSPS) is 12.2. The first-order valence-electron chi connectivity index (χ1n) is 12.3. The van der Waals surface area contributed by atoms with Crippen LogP contribution in [0.25, 0.3) is 0 Å². The highest BCUT2D eigenvalue weighted by Gasteiger charge is 2.34. The molecule has 7 nitrogen and oxygen atoms in total. The van der Waals surface area contributed by atoms with Gasteiger partial charge in [-0.15, -0.1) is 0 Å². The molecule has 3 aromatic rings. The summed E-state index contributed by atoms with van der Waals surface area (Å²) in [6.07, 6.45) is 0.266. The molecule has 1 atom stereocenters. The minimum Gasteiger partial charge on any atom is -0.352 e. The van der Waals surface area contributed by atoms with E-state index in [1.165, 1.54) is 23.1 Å². The van der Waals surface area contributed by atoms with Gasteiger partial charge in [0.2, 0.25) is 11.8 Å². The van der Waals surface area contributed by atoms with Gasteiger partial charge in [-0.1, -0.05) is 66.5 Å². The quantitative estimate of drug-likeness (QED) is 0.311. The first-order valence-corrected chi connectivity index (χ1v) is 14.5. The fourth-order valence-corrected chi connectivity index (χ4v) is 5.80. The molecule has 2 amide bonds. The lowest BCUT2D eigenvalue weighted by molar-refractivity contribution is -0.140. The van der Waals surface area contributed by atoms with Crippen molar-refractivity contribution in [1.29, 1.82) is 0 Å². The second kappa shape index (κ2) is 13.3. The molecule has 1 N–H and O–H groups in total. The predicted octanol–water partition coefficient (Wildman–Crippen LogP) is 5.66. The number of hydrogen-bond acceptors (Lipinski definition) is 4. The highest BCUT2D eigenvalue weighted by molar-refractivity contribution is 7.92. The summed E-state index contributed by atoms with van der Waals surface area (Å²) in [5, 5.41) is 2.92. The third-order valence-corrected chi connectivity index (χ3v) is 8.36. The van der Waals surface area contributed by atoms with Crippen LogP contribution in [-0.4, -0.2) is 43.8 Å². The molecular formula is C28H30Cl2FN3O4S. The maximum absolute atomic E-state index is 14.0. The van der Waals surface area contributed by atoms with Gasteiger partial charge in [-0.2, -0.15) is 0 Å². The van der Waals surface area contributed by atoms with Gasteiger partial charge in [-0.25, -0.2) is 12.8 Å². The Kier molecular flexibility index (Phi) is 10.4. The number of nitrogens with one attached hydrogen (secondary N) is 1. The van der Waals surface area contributed by atoms with Crippen molar-refractivity contribution in [3.8, 4) is 0 Å². The summed E-state index contributed by atoms with van der Waals surface area (Å²) in [6, 6.07) is 16.8. The van der Waals surface area contributed by atoms with E-state index in [4.69, 9.17) is 23.2 Å². The number of carbonyl (C=O) groups is 2. The van der Waals surface area contributed by atoms with E-state index in [-0.39, 0.29) is 40.5 Å². The minimum atomic E-state index is -4.29. The number of amides is 2. The number of benzene rings is 3. The molecule has 0 unspecified atom stereocenters. The van der Waals surface area contributed by atoms with E-state index in [9.17, 15) is 22.4 Å². The van der Waals surface area contributed by atoms with Crippen molar-refractivity contribution in [3.63, 3.8) is 0 Å². The summed E-state index contributed by atoms with van der Waals surface area (Å²) < 4.78 is 42.3. The van der Waals surface area contributed by atoms with E-state index in [2.05, 4.69) is 5.32 Å². The SMILES string of the molecule is CC[C@H](C(=O)NC(C)C)N(Cc1ccccc1Cl)C(=O)CN(c1ccc(F)c(Cl)c1)S(=O)(=O)c1ccccc1. The molecule has 0 fully saturated rings. The first-order chi connectivity index (χ1) is 18.4. The van der Waals surface area contributed by atoms with Gasteiger partial charge in [0.05, 0.1) is 15.6 Å². The summed E-state index contributed by atoms with van der Waals surface area (Å²) in [5.74, 6) is -1.77. The third kappa shape index (κ3) is 7.50. The van der Waals surface area contributed by atoms with Crippen LogP contribution < -0.4 is 9.62 Å². The van der Waals surface area contributed by atoms with E-state index in [1.807, 2.05) is 0 Å². The Hall–Kier alpha value is -3.14. The van der Waals surface area contributed by atoms with Crippen LogP contribution in [0.4, 0.5) is 10.1 Å². The van der Waals surface area contributed by atoms with Gasteiger partial charge >= 0.3 is 0 Å². The first kappa shape index (κ1) is 30.4. The summed E-state index contributed by atoms with van der Waals surface area (Å²) in [6.45, 7) is 4.66. The van der Waals surface area contributed by atoms with Gasteiger partial charge in [-0.05, 0) is 62.2 Å². The van der Waals surface area contributed by atoms with E-state index >= 15 is 0 Å². The molecule has 0 spiro atoms. The number of rotatable bonds is 11. The average Bonchev–Trinajstić information content (AvgIpc) is 2.89. The van der Waals surface area contributed by atoms with Crippen molar-refractivity contribution < 1.29 is 22.4 Å². The largest absolute Gasteiger partial charge is 0.352 e. The Morgan fingerprint density at radius 3 is 2.18 bits per heavy atom. The molecule has 3 rings (SSSR count). The smallest absolute Gasteiger partial charge is 0.264 e. The number of carbonyl (C=O) groups excluding carboxylic acids is 2. The minimum absolute atomic E-state index is 0.00373. The lowest BCUT2D eigenvalue weighted by Gasteiger charge is -2.33. The molecular weight excluding hydrogens is 564 g/mol. The summed E-state index contributed by atoms with van der Waals surface area (Å²) in [7, 11) is -4.29. The predicted molar refractivity (Wildman–Crippen MR) is 152 cm³/mol. The van der Waals surface area contributed by atoms with Gasteiger partial charge in [0.1, 0.15) is 18.4 Å². The van der Waals surface area contributed by atoms with Crippen LogP contribution >= 0.6 is 23.2 Å². The van der Waals surface area contributed by atoms with Crippen LogP contribution in [0.3, 0.4) is 0 Å². The Morgan fingerprint density at radius 1 is 0.949 bits per heavy atom. The van der Waals surface area contributed by atoms with E-state index in [0.29, 0.717) is 10.6 Å². The molecule has 0 aliphatic rings. The second-order valence-corrected chi connectivity index (χ2v) is 11.8. The molecule has 0 saturated heterocycles. The fourth-order valence-electron chi connectivity index (χ4n) is 4.00. The molecule has 0 heterocycles. The van der Waals surface area contributed by atoms with Crippen molar-refractivity contribution in [2.24, 2.45) is 0 Å². The van der Waals surface area contributed by atoms with Crippen LogP contribution in [0.15, 0.2) is 77.7 Å². The van der Waals surface area contributed by atoms with Crippen LogP contribution in [0.5, 0.6) is 0 Å². The van der Waals surface area contributed by atoms with Gasteiger partial charge in [-0.3, -0.25) is 13.9 Å². The van der Waals surface area contributed by atoms with Crippen LogP contribution in [0.1, 0.15) is 32.8 Å². The molecule has 39 heavy (non-hydrogen) atoms. The summed E-state index contributed by atoms with van der Waals surface area (Å²) >= 11 is 12.4. The number of sulfonamides is 1. The maximum atomic E-state index is 14.0. The standard InChI is InChI=1S/C28H30Cl2FN3O4S/c1-4-26(28(36)32-19(2)3)33(17-20-10-8-9-13-23(20)29)27(35)18-34(21-14-15-25(31)24(30)16-21)39(37,38)22-11-6-5-7-12-22/h5-16,19,26H,4,17-18H2,1-3H3,(H,32,36)/t26-/m1/s1. The van der Waals surface area contributed by atoms with Crippen LogP contribution in [0, 0.1) is 5.82 Å². The highest BCUT2D eigenvalue weighted by atomic mass is 35.5. The monoisotopic (exact) mass is 593 g/mol. The van der Waals surface area contributed by atoms with E-state index in [1.54, 1.807) is 63.2 Å². The third-order valence-electron chi connectivity index (χ3n) is 5.92. The number of hydrogen-bond donors (Lipinski definition) is 1. The number of nitrogens with zero attached hydrogens (tertiary/aromatic N) is 2. The van der Waals surface area contributed by atoms with Crippen molar-refractivity contribution in [3.05, 3.63) is 94.2 Å². The molecule has 11 heteroatoms.